The zero-order chi connectivity index (χ0) is 11.5. The van der Waals surface area contributed by atoms with Crippen molar-refractivity contribution in [2.45, 2.75) is 12.8 Å². The normalized spacial score (nSPS) is 15.2. The number of ketones is 1. The van der Waals surface area contributed by atoms with E-state index in [2.05, 4.69) is 15.9 Å². The number of hydrogen-bond donors (Lipinski definition) is 0. The van der Waals surface area contributed by atoms with Crippen molar-refractivity contribution in [2.75, 3.05) is 6.61 Å². The smallest absolute Gasteiger partial charge is 0.227 e. The lowest BCUT2D eigenvalue weighted by Gasteiger charge is -2.13. The van der Waals surface area contributed by atoms with Gasteiger partial charge in [0.1, 0.15) is 5.82 Å². The average molecular weight is 285 g/mol. The Hall–Kier alpha value is -1.16. The van der Waals surface area contributed by atoms with Gasteiger partial charge >= 0.3 is 0 Å². The molecule has 0 amide bonds. The van der Waals surface area contributed by atoms with Crippen LogP contribution < -0.4 is 0 Å². The Labute approximate surface area is 101 Å². The highest BCUT2D eigenvalue weighted by Crippen LogP contribution is 2.21. The van der Waals surface area contributed by atoms with E-state index in [0.29, 0.717) is 17.9 Å². The second-order valence-corrected chi connectivity index (χ2v) is 4.37. The molecule has 1 aromatic carbocycles. The minimum Gasteiger partial charge on any atom is -0.490 e. The van der Waals surface area contributed by atoms with E-state index in [1.807, 2.05) is 0 Å². The second kappa shape index (κ2) is 4.78. The Morgan fingerprint density at radius 3 is 2.88 bits per heavy atom. The number of carbonyl (C=O) groups is 1. The van der Waals surface area contributed by atoms with Gasteiger partial charge in [0, 0.05) is 5.56 Å². The van der Waals surface area contributed by atoms with Crippen molar-refractivity contribution >= 4 is 21.7 Å². The van der Waals surface area contributed by atoms with Crippen LogP contribution in [0.2, 0.25) is 0 Å². The summed E-state index contributed by atoms with van der Waals surface area (Å²) in [5.41, 5.74) is 0.432. The first kappa shape index (κ1) is 11.3. The maximum absolute atomic E-state index is 13.0. The zero-order valence-electron chi connectivity index (χ0n) is 8.50. The maximum atomic E-state index is 13.0. The molecule has 4 heteroatoms. The molecule has 0 N–H and O–H groups in total. The SMILES string of the molecule is O=C(C1=CCCCO1)c1ccc(F)c(Br)c1. The summed E-state index contributed by atoms with van der Waals surface area (Å²) in [6, 6.07) is 4.19. The molecule has 0 atom stereocenters. The minimum atomic E-state index is -0.380. The van der Waals surface area contributed by atoms with E-state index < -0.39 is 0 Å². The van der Waals surface area contributed by atoms with Crippen molar-refractivity contribution in [3.8, 4) is 0 Å². The molecule has 1 heterocycles. The van der Waals surface area contributed by atoms with Gasteiger partial charge in [-0.15, -0.1) is 0 Å². The predicted molar refractivity (Wildman–Crippen MR) is 61.7 cm³/mol. The van der Waals surface area contributed by atoms with Crippen LogP contribution in [-0.4, -0.2) is 12.4 Å². The molecule has 84 valence electrons. The minimum absolute atomic E-state index is 0.194. The monoisotopic (exact) mass is 284 g/mol. The lowest BCUT2D eigenvalue weighted by molar-refractivity contribution is 0.0899. The fourth-order valence-corrected chi connectivity index (χ4v) is 1.87. The van der Waals surface area contributed by atoms with Crippen molar-refractivity contribution in [2.24, 2.45) is 0 Å². The number of hydrogen-bond acceptors (Lipinski definition) is 2. The molecule has 1 aliphatic heterocycles. The molecule has 2 nitrogen and oxygen atoms in total. The van der Waals surface area contributed by atoms with Gasteiger partial charge in [0.15, 0.2) is 5.76 Å². The van der Waals surface area contributed by atoms with Crippen molar-refractivity contribution in [3.05, 3.63) is 45.9 Å². The number of halogens is 2. The lowest BCUT2D eigenvalue weighted by atomic mass is 10.1. The molecule has 16 heavy (non-hydrogen) atoms. The van der Waals surface area contributed by atoms with Crippen LogP contribution in [0.25, 0.3) is 0 Å². The van der Waals surface area contributed by atoms with Crippen molar-refractivity contribution in [3.63, 3.8) is 0 Å². The van der Waals surface area contributed by atoms with Crippen molar-refractivity contribution < 1.29 is 13.9 Å². The highest BCUT2D eigenvalue weighted by molar-refractivity contribution is 9.10. The van der Waals surface area contributed by atoms with Gasteiger partial charge in [-0.25, -0.2) is 4.39 Å². The summed E-state index contributed by atoms with van der Waals surface area (Å²) in [5, 5.41) is 0. The van der Waals surface area contributed by atoms with Crippen LogP contribution >= 0.6 is 15.9 Å². The summed E-state index contributed by atoms with van der Waals surface area (Å²) < 4.78 is 18.6. The number of carbonyl (C=O) groups excluding carboxylic acids is 1. The fraction of sp³-hybridized carbons (Fsp3) is 0.250. The number of Topliss-reactive ketones (excluding diaryl/α,β-unsaturated/α-hetero) is 1. The Balaban J connectivity index is 2.26. The van der Waals surface area contributed by atoms with Crippen LogP contribution in [0.1, 0.15) is 23.2 Å². The zero-order valence-corrected chi connectivity index (χ0v) is 10.1. The highest BCUT2D eigenvalue weighted by atomic mass is 79.9. The van der Waals surface area contributed by atoms with Crippen LogP contribution in [0.15, 0.2) is 34.5 Å². The molecule has 1 aromatic rings. The van der Waals surface area contributed by atoms with E-state index in [0.717, 1.165) is 12.8 Å². The predicted octanol–water partition coefficient (Wildman–Crippen LogP) is 3.47. The van der Waals surface area contributed by atoms with Crippen LogP contribution in [0.3, 0.4) is 0 Å². The largest absolute Gasteiger partial charge is 0.490 e. The van der Waals surface area contributed by atoms with Gasteiger partial charge in [0.05, 0.1) is 11.1 Å². The molecule has 0 radical (unpaired) electrons. The fourth-order valence-electron chi connectivity index (χ4n) is 1.50. The van der Waals surface area contributed by atoms with E-state index >= 15 is 0 Å². The molecular weight excluding hydrogens is 275 g/mol. The molecule has 0 aromatic heterocycles. The summed E-state index contributed by atoms with van der Waals surface area (Å²) in [6.45, 7) is 0.569. The van der Waals surface area contributed by atoms with Crippen LogP contribution in [-0.2, 0) is 4.74 Å². The van der Waals surface area contributed by atoms with Crippen LogP contribution in [0, 0.1) is 5.82 Å². The number of allylic oxidation sites excluding steroid dienone is 2. The van der Waals surface area contributed by atoms with Crippen molar-refractivity contribution in [1.82, 2.24) is 0 Å². The summed E-state index contributed by atoms with van der Waals surface area (Å²) >= 11 is 3.05. The lowest BCUT2D eigenvalue weighted by Crippen LogP contribution is -2.11. The van der Waals surface area contributed by atoms with Crippen molar-refractivity contribution in [1.29, 1.82) is 0 Å². The van der Waals surface area contributed by atoms with E-state index in [-0.39, 0.29) is 16.1 Å². The van der Waals surface area contributed by atoms with Gasteiger partial charge in [-0.05, 0) is 53.0 Å². The molecule has 2 rings (SSSR count). The van der Waals surface area contributed by atoms with Crippen LogP contribution in [0.5, 0.6) is 0 Å². The average Bonchev–Trinajstić information content (AvgIpc) is 2.33. The van der Waals surface area contributed by atoms with E-state index in [1.165, 1.54) is 18.2 Å². The molecule has 0 spiro atoms. The van der Waals surface area contributed by atoms with E-state index in [9.17, 15) is 9.18 Å². The third-order valence-electron chi connectivity index (χ3n) is 2.34. The first-order chi connectivity index (χ1) is 7.68. The Bertz CT molecular complexity index is 454. The molecule has 0 aliphatic carbocycles. The van der Waals surface area contributed by atoms with Gasteiger partial charge < -0.3 is 4.74 Å². The number of rotatable bonds is 2. The Kier molecular flexibility index (Phi) is 3.39. The van der Waals surface area contributed by atoms with Gasteiger partial charge in [-0.3, -0.25) is 4.79 Å². The molecule has 1 aliphatic rings. The van der Waals surface area contributed by atoms with E-state index in [1.54, 1.807) is 6.08 Å². The first-order valence-electron chi connectivity index (χ1n) is 5.01. The molecule has 0 saturated carbocycles. The second-order valence-electron chi connectivity index (χ2n) is 3.52. The topological polar surface area (TPSA) is 26.3 Å². The van der Waals surface area contributed by atoms with E-state index in [4.69, 9.17) is 4.74 Å². The molecule has 0 saturated heterocycles. The number of ether oxygens (including phenoxy) is 1. The Morgan fingerprint density at radius 2 is 2.25 bits per heavy atom. The van der Waals surface area contributed by atoms with Crippen LogP contribution in [0.4, 0.5) is 4.39 Å². The molecule has 0 bridgehead atoms. The summed E-state index contributed by atoms with van der Waals surface area (Å²) in [4.78, 5) is 11.9. The highest BCUT2D eigenvalue weighted by Gasteiger charge is 2.16. The standard InChI is InChI=1S/C12H10BrFO2/c13-9-7-8(4-5-10(9)14)12(15)11-3-1-2-6-16-11/h3-5,7H,1-2,6H2. The molecular formula is C12H10BrFO2. The quantitative estimate of drug-likeness (QED) is 0.778. The van der Waals surface area contributed by atoms with Gasteiger partial charge in [-0.1, -0.05) is 0 Å². The summed E-state index contributed by atoms with van der Waals surface area (Å²) in [7, 11) is 0. The Morgan fingerprint density at radius 1 is 1.44 bits per heavy atom. The van der Waals surface area contributed by atoms with Gasteiger partial charge in [0.2, 0.25) is 5.78 Å². The third kappa shape index (κ3) is 2.32. The summed E-state index contributed by atoms with van der Waals surface area (Å²) in [5.74, 6) is -0.208. The summed E-state index contributed by atoms with van der Waals surface area (Å²) in [6.07, 6.45) is 3.57. The third-order valence-corrected chi connectivity index (χ3v) is 2.95. The molecule has 0 fully saturated rings. The van der Waals surface area contributed by atoms with Gasteiger partial charge in [-0.2, -0.15) is 0 Å². The number of benzene rings is 1. The molecule has 0 unspecified atom stereocenters. The first-order valence-corrected chi connectivity index (χ1v) is 5.80. The van der Waals surface area contributed by atoms with Gasteiger partial charge in [0.25, 0.3) is 0 Å². The maximum Gasteiger partial charge on any atom is 0.227 e.